The van der Waals surface area contributed by atoms with Gasteiger partial charge in [-0.1, -0.05) is 53.6 Å². The van der Waals surface area contributed by atoms with Gasteiger partial charge in [-0.05, 0) is 48.1 Å². The average Bonchev–Trinajstić information content (AvgIpc) is 3.26. The van der Waals surface area contributed by atoms with Gasteiger partial charge in [0.1, 0.15) is 10.7 Å². The number of thioether (sulfide) groups is 1. The Balaban J connectivity index is 1.82. The van der Waals surface area contributed by atoms with Crippen molar-refractivity contribution in [3.63, 3.8) is 0 Å². The van der Waals surface area contributed by atoms with Crippen molar-refractivity contribution in [2.24, 2.45) is 14.1 Å². The number of aromatic nitrogens is 3. The Bertz CT molecular complexity index is 1950. The van der Waals surface area contributed by atoms with Crippen LogP contribution in [0.2, 0.25) is 5.15 Å². The minimum atomic E-state index is -4.19. The van der Waals surface area contributed by atoms with E-state index < -0.39 is 15.6 Å². The number of fused-ring (bicyclic) bond motifs is 1. The Labute approximate surface area is 235 Å². The maximum Gasteiger partial charge on any atom is 0.275 e. The smallest absolute Gasteiger partial charge is 0.275 e. The van der Waals surface area contributed by atoms with Crippen LogP contribution in [0.25, 0.3) is 33.2 Å². The summed E-state index contributed by atoms with van der Waals surface area (Å²) in [6.45, 7) is 1.86. The van der Waals surface area contributed by atoms with Gasteiger partial charge >= 0.3 is 0 Å². The van der Waals surface area contributed by atoms with Crippen LogP contribution in [0.3, 0.4) is 0 Å². The van der Waals surface area contributed by atoms with Crippen molar-refractivity contribution < 1.29 is 8.42 Å². The standard InChI is InChI=1S/C29H26ClN3O4S2/c1-18-5-11-21(12-6-18)39(36,37)33-26(30)13-23-25(16-32(3)29(35)28(23)33)22-14-27(34)31(2)15-24(22)20-9-7-19(8-10-20)17-38-4/h5-16H,17H2,1-4H3. The van der Waals surface area contributed by atoms with E-state index >= 15 is 0 Å². The van der Waals surface area contributed by atoms with Crippen LogP contribution in [0.5, 0.6) is 0 Å². The fraction of sp³-hybridized carbons (Fsp3) is 0.172. The zero-order valence-corrected chi connectivity index (χ0v) is 24.2. The van der Waals surface area contributed by atoms with E-state index in [1.165, 1.54) is 39.0 Å². The number of halogens is 1. The molecule has 5 rings (SSSR count). The molecule has 0 bridgehead atoms. The molecule has 0 amide bonds. The molecule has 0 radical (unpaired) electrons. The molecule has 0 N–H and O–H groups in total. The van der Waals surface area contributed by atoms with Gasteiger partial charge in [-0.3, -0.25) is 9.59 Å². The summed E-state index contributed by atoms with van der Waals surface area (Å²) in [6, 6.07) is 17.4. The fourth-order valence-electron chi connectivity index (χ4n) is 4.65. The minimum absolute atomic E-state index is 0.0135. The van der Waals surface area contributed by atoms with Crippen molar-refractivity contribution in [2.45, 2.75) is 17.6 Å². The van der Waals surface area contributed by atoms with Gasteiger partial charge in [0.25, 0.3) is 21.1 Å². The molecule has 2 aromatic carbocycles. The predicted octanol–water partition coefficient (Wildman–Crippen LogP) is 5.43. The summed E-state index contributed by atoms with van der Waals surface area (Å²) in [5.74, 6) is 0.878. The second kappa shape index (κ2) is 10.2. The summed E-state index contributed by atoms with van der Waals surface area (Å²) >= 11 is 8.27. The third kappa shape index (κ3) is 4.75. The molecule has 0 saturated heterocycles. The Kier molecular flexibility index (Phi) is 7.09. The molecule has 0 aliphatic rings. The summed E-state index contributed by atoms with van der Waals surface area (Å²) < 4.78 is 31.1. The number of pyridine rings is 2. The molecule has 0 aliphatic heterocycles. The van der Waals surface area contributed by atoms with Crippen molar-refractivity contribution in [2.75, 3.05) is 6.26 Å². The number of aryl methyl sites for hydroxylation is 3. The molecular weight excluding hydrogens is 554 g/mol. The van der Waals surface area contributed by atoms with Crippen molar-refractivity contribution in [1.82, 2.24) is 13.1 Å². The molecule has 39 heavy (non-hydrogen) atoms. The lowest BCUT2D eigenvalue weighted by molar-refractivity contribution is 0.589. The number of hydrogen-bond donors (Lipinski definition) is 0. The second-order valence-electron chi connectivity index (χ2n) is 9.45. The maximum absolute atomic E-state index is 13.7. The van der Waals surface area contributed by atoms with Crippen LogP contribution >= 0.6 is 23.4 Å². The summed E-state index contributed by atoms with van der Waals surface area (Å²) in [5.41, 5.74) is 3.95. The number of hydrogen-bond acceptors (Lipinski definition) is 5. The van der Waals surface area contributed by atoms with Gasteiger partial charge in [0.2, 0.25) is 0 Å². The highest BCUT2D eigenvalue weighted by Crippen LogP contribution is 2.37. The molecule has 7 nitrogen and oxygen atoms in total. The number of benzene rings is 2. The van der Waals surface area contributed by atoms with Crippen LogP contribution in [-0.4, -0.2) is 27.8 Å². The first-order valence-corrected chi connectivity index (χ1v) is 15.3. The average molecular weight is 580 g/mol. The third-order valence-corrected chi connectivity index (χ3v) is 9.43. The van der Waals surface area contributed by atoms with Crippen LogP contribution < -0.4 is 11.1 Å². The van der Waals surface area contributed by atoms with E-state index in [1.54, 1.807) is 50.4 Å². The normalized spacial score (nSPS) is 11.8. The van der Waals surface area contributed by atoms with Crippen LogP contribution in [0.4, 0.5) is 0 Å². The number of rotatable bonds is 6. The van der Waals surface area contributed by atoms with Gasteiger partial charge in [-0.15, -0.1) is 0 Å². The molecule has 0 atom stereocenters. The quantitative estimate of drug-likeness (QED) is 0.268. The molecule has 0 unspecified atom stereocenters. The fourth-order valence-corrected chi connectivity index (χ4v) is 7.04. The topological polar surface area (TPSA) is 83.1 Å². The zero-order valence-electron chi connectivity index (χ0n) is 21.8. The second-order valence-corrected chi connectivity index (χ2v) is 12.5. The van der Waals surface area contributed by atoms with Gasteiger partial charge < -0.3 is 9.13 Å². The van der Waals surface area contributed by atoms with Crippen LogP contribution in [0, 0.1) is 6.92 Å². The summed E-state index contributed by atoms with van der Waals surface area (Å²) in [6.07, 6.45) is 5.41. The molecule has 10 heteroatoms. The first-order chi connectivity index (χ1) is 18.5. The van der Waals surface area contributed by atoms with E-state index in [0.717, 1.165) is 26.4 Å². The van der Waals surface area contributed by atoms with Gasteiger partial charge in [0.15, 0.2) is 0 Å². The van der Waals surface area contributed by atoms with E-state index in [-0.39, 0.29) is 21.1 Å². The van der Waals surface area contributed by atoms with Gasteiger partial charge in [-0.2, -0.15) is 11.8 Å². The lowest BCUT2D eigenvalue weighted by Gasteiger charge is -2.15. The van der Waals surface area contributed by atoms with Crippen molar-refractivity contribution in [3.8, 4) is 22.3 Å². The molecular formula is C29H26ClN3O4S2. The van der Waals surface area contributed by atoms with Gasteiger partial charge in [0.05, 0.1) is 4.90 Å². The zero-order chi connectivity index (χ0) is 28.1. The Morgan fingerprint density at radius 3 is 2.13 bits per heavy atom. The van der Waals surface area contributed by atoms with Crippen LogP contribution in [0.15, 0.2) is 87.5 Å². The molecule has 0 aliphatic carbocycles. The Morgan fingerprint density at radius 1 is 0.846 bits per heavy atom. The monoisotopic (exact) mass is 579 g/mol. The molecule has 0 saturated carbocycles. The van der Waals surface area contributed by atoms with Crippen molar-refractivity contribution in [3.05, 3.63) is 110 Å². The highest BCUT2D eigenvalue weighted by atomic mass is 35.5. The summed E-state index contributed by atoms with van der Waals surface area (Å²) in [5, 5.41) is 0.217. The lowest BCUT2D eigenvalue weighted by atomic mass is 9.95. The summed E-state index contributed by atoms with van der Waals surface area (Å²) in [7, 11) is -0.967. The maximum atomic E-state index is 13.7. The Hall–Kier alpha value is -3.53. The molecule has 3 heterocycles. The van der Waals surface area contributed by atoms with E-state index in [2.05, 4.69) is 0 Å². The van der Waals surface area contributed by atoms with Gasteiger partial charge in [-0.25, -0.2) is 12.4 Å². The largest absolute Gasteiger partial charge is 0.318 e. The van der Waals surface area contributed by atoms with Crippen molar-refractivity contribution >= 4 is 44.3 Å². The van der Waals surface area contributed by atoms with Crippen molar-refractivity contribution in [1.29, 1.82) is 0 Å². The highest BCUT2D eigenvalue weighted by molar-refractivity contribution is 7.97. The first-order valence-electron chi connectivity index (χ1n) is 12.0. The molecule has 200 valence electrons. The summed E-state index contributed by atoms with van der Waals surface area (Å²) in [4.78, 5) is 26.3. The third-order valence-electron chi connectivity index (χ3n) is 6.71. The van der Waals surface area contributed by atoms with E-state index in [1.807, 2.05) is 37.4 Å². The molecule has 3 aromatic heterocycles. The SMILES string of the molecule is CSCc1ccc(-c2cn(C)c(=O)cc2-c2cn(C)c(=O)c3c2cc(Cl)n3S(=O)(=O)c2ccc(C)cc2)cc1. The Morgan fingerprint density at radius 2 is 1.49 bits per heavy atom. The van der Waals surface area contributed by atoms with E-state index in [4.69, 9.17) is 11.6 Å². The van der Waals surface area contributed by atoms with E-state index in [9.17, 15) is 18.0 Å². The van der Waals surface area contributed by atoms with E-state index in [0.29, 0.717) is 16.5 Å². The molecule has 0 fully saturated rings. The van der Waals surface area contributed by atoms with Gasteiger partial charge in [0, 0.05) is 54.8 Å². The van der Waals surface area contributed by atoms with Crippen LogP contribution in [-0.2, 0) is 29.9 Å². The lowest BCUT2D eigenvalue weighted by Crippen LogP contribution is -2.23. The highest BCUT2D eigenvalue weighted by Gasteiger charge is 2.27. The molecule has 0 spiro atoms. The predicted molar refractivity (Wildman–Crippen MR) is 159 cm³/mol. The minimum Gasteiger partial charge on any atom is -0.318 e. The van der Waals surface area contributed by atoms with Crippen LogP contribution in [0.1, 0.15) is 11.1 Å². The first kappa shape index (κ1) is 27.1. The molecule has 5 aromatic rings. The number of nitrogens with zero attached hydrogens (tertiary/aromatic N) is 3.